The van der Waals surface area contributed by atoms with Crippen LogP contribution in [0.4, 0.5) is 0 Å². The number of aromatic amines is 1. The van der Waals surface area contributed by atoms with Crippen molar-refractivity contribution >= 4 is 22.1 Å². The van der Waals surface area contributed by atoms with Gasteiger partial charge in [0.05, 0.1) is 0 Å². The first kappa shape index (κ1) is 14.2. The molecular weight excluding hydrogens is 320 g/mol. The van der Waals surface area contributed by atoms with Gasteiger partial charge in [-0.05, 0) is 43.4 Å². The second-order valence-corrected chi connectivity index (χ2v) is 6.32. The summed E-state index contributed by atoms with van der Waals surface area (Å²) in [6.45, 7) is 0. The van der Waals surface area contributed by atoms with E-state index in [9.17, 15) is 9.59 Å². The van der Waals surface area contributed by atoms with Gasteiger partial charge in [0.2, 0.25) is 11.4 Å². The Kier molecular flexibility index (Phi) is 2.94. The van der Waals surface area contributed by atoms with Gasteiger partial charge < -0.3 is 13.8 Å². The molecule has 0 saturated carbocycles. The standard InChI is InChI=1S/C19H14N2O4/c22-17-7-3-6-13(20-17)18-21-14-8-12-10-4-1-2-5-11(10)19(23)25-15(12)9-16(14)24-18/h3,6-9H,1-2,4-5H2,(H,20,22). The van der Waals surface area contributed by atoms with Crippen molar-refractivity contribution < 1.29 is 8.83 Å². The zero-order chi connectivity index (χ0) is 17.0. The van der Waals surface area contributed by atoms with Crippen LogP contribution in [-0.4, -0.2) is 9.97 Å². The maximum Gasteiger partial charge on any atom is 0.339 e. The first-order valence-electron chi connectivity index (χ1n) is 8.28. The molecule has 1 aliphatic carbocycles. The Morgan fingerprint density at radius 1 is 0.960 bits per heavy atom. The van der Waals surface area contributed by atoms with E-state index in [1.54, 1.807) is 18.2 Å². The van der Waals surface area contributed by atoms with E-state index in [1.165, 1.54) is 6.07 Å². The van der Waals surface area contributed by atoms with Gasteiger partial charge in [0, 0.05) is 23.1 Å². The van der Waals surface area contributed by atoms with Crippen LogP contribution in [0.15, 0.2) is 48.8 Å². The number of nitrogens with one attached hydrogen (secondary N) is 1. The van der Waals surface area contributed by atoms with E-state index < -0.39 is 0 Å². The van der Waals surface area contributed by atoms with Crippen LogP contribution in [0.25, 0.3) is 33.7 Å². The largest absolute Gasteiger partial charge is 0.435 e. The number of oxazole rings is 1. The summed E-state index contributed by atoms with van der Waals surface area (Å²) in [5.74, 6) is 0.333. The zero-order valence-electron chi connectivity index (χ0n) is 13.3. The van der Waals surface area contributed by atoms with Crippen molar-refractivity contribution in [3.8, 4) is 11.6 Å². The highest BCUT2D eigenvalue weighted by Crippen LogP contribution is 2.31. The van der Waals surface area contributed by atoms with Crippen molar-refractivity contribution in [1.82, 2.24) is 9.97 Å². The molecule has 1 aliphatic rings. The van der Waals surface area contributed by atoms with Gasteiger partial charge in [0.15, 0.2) is 5.58 Å². The SMILES string of the molecule is O=c1cccc(-c2nc3cc4c5c(c(=O)oc4cc3o2)CCCC5)[nH]1. The number of benzene rings is 1. The number of aromatic nitrogens is 2. The summed E-state index contributed by atoms with van der Waals surface area (Å²) < 4.78 is 11.3. The molecule has 4 aromatic rings. The Morgan fingerprint density at radius 3 is 2.64 bits per heavy atom. The van der Waals surface area contributed by atoms with Crippen molar-refractivity contribution in [3.63, 3.8) is 0 Å². The van der Waals surface area contributed by atoms with Gasteiger partial charge in [-0.15, -0.1) is 0 Å². The van der Waals surface area contributed by atoms with Crippen LogP contribution < -0.4 is 11.2 Å². The molecule has 0 spiro atoms. The number of fused-ring (bicyclic) bond motifs is 4. The van der Waals surface area contributed by atoms with Gasteiger partial charge in [-0.2, -0.15) is 0 Å². The lowest BCUT2D eigenvalue weighted by Gasteiger charge is -2.15. The van der Waals surface area contributed by atoms with Crippen LogP contribution >= 0.6 is 0 Å². The quantitative estimate of drug-likeness (QED) is 0.540. The topological polar surface area (TPSA) is 89.1 Å². The van der Waals surface area contributed by atoms with Crippen molar-refractivity contribution in [2.45, 2.75) is 25.7 Å². The molecule has 0 saturated heterocycles. The molecule has 1 N–H and O–H groups in total. The van der Waals surface area contributed by atoms with Crippen LogP contribution in [0.3, 0.4) is 0 Å². The van der Waals surface area contributed by atoms with Gasteiger partial charge >= 0.3 is 5.63 Å². The Morgan fingerprint density at radius 2 is 1.80 bits per heavy atom. The number of pyridine rings is 1. The molecular formula is C19H14N2O4. The molecule has 0 atom stereocenters. The Labute approximate surface area is 141 Å². The van der Waals surface area contributed by atoms with Crippen molar-refractivity contribution in [2.24, 2.45) is 0 Å². The second kappa shape index (κ2) is 5.17. The van der Waals surface area contributed by atoms with E-state index in [4.69, 9.17) is 8.83 Å². The summed E-state index contributed by atoms with van der Waals surface area (Å²) in [5, 5.41) is 0.920. The maximum absolute atomic E-state index is 12.2. The van der Waals surface area contributed by atoms with Crippen LogP contribution in [0.1, 0.15) is 24.0 Å². The minimum absolute atomic E-state index is 0.218. The third-order valence-corrected chi connectivity index (χ3v) is 4.73. The molecule has 0 radical (unpaired) electrons. The monoisotopic (exact) mass is 334 g/mol. The maximum atomic E-state index is 12.2. The molecule has 25 heavy (non-hydrogen) atoms. The first-order chi connectivity index (χ1) is 12.2. The lowest BCUT2D eigenvalue weighted by atomic mass is 9.90. The van der Waals surface area contributed by atoms with E-state index in [0.717, 1.165) is 42.2 Å². The highest BCUT2D eigenvalue weighted by molar-refractivity contribution is 5.94. The van der Waals surface area contributed by atoms with Gasteiger partial charge in [-0.3, -0.25) is 4.79 Å². The molecule has 5 rings (SSSR count). The van der Waals surface area contributed by atoms with E-state index in [2.05, 4.69) is 9.97 Å². The van der Waals surface area contributed by atoms with E-state index in [-0.39, 0.29) is 11.2 Å². The highest BCUT2D eigenvalue weighted by atomic mass is 16.4. The Balaban J connectivity index is 1.78. The molecule has 6 nitrogen and oxygen atoms in total. The third-order valence-electron chi connectivity index (χ3n) is 4.73. The van der Waals surface area contributed by atoms with Crippen LogP contribution in [0.2, 0.25) is 0 Å². The normalized spacial score (nSPS) is 14.1. The summed E-state index contributed by atoms with van der Waals surface area (Å²) in [7, 11) is 0. The molecule has 124 valence electrons. The van der Waals surface area contributed by atoms with E-state index in [1.807, 2.05) is 6.07 Å². The molecule has 3 aromatic heterocycles. The average molecular weight is 334 g/mol. The summed E-state index contributed by atoms with van der Waals surface area (Å²) >= 11 is 0. The minimum atomic E-state index is -0.256. The predicted octanol–water partition coefficient (Wildman–Crippen LogP) is 3.17. The van der Waals surface area contributed by atoms with Crippen LogP contribution in [0, 0.1) is 0 Å². The number of H-pyrrole nitrogens is 1. The summed E-state index contributed by atoms with van der Waals surface area (Å²) in [5.41, 5.74) is 3.60. The van der Waals surface area contributed by atoms with Crippen molar-refractivity contribution in [1.29, 1.82) is 0 Å². The van der Waals surface area contributed by atoms with E-state index in [0.29, 0.717) is 28.3 Å². The second-order valence-electron chi connectivity index (χ2n) is 6.32. The van der Waals surface area contributed by atoms with Crippen molar-refractivity contribution in [2.75, 3.05) is 0 Å². The molecule has 1 aromatic carbocycles. The fraction of sp³-hybridized carbons (Fsp3) is 0.211. The zero-order valence-corrected chi connectivity index (χ0v) is 13.3. The van der Waals surface area contributed by atoms with Crippen molar-refractivity contribution in [3.05, 3.63) is 62.2 Å². The number of hydrogen-bond acceptors (Lipinski definition) is 5. The Bertz CT molecular complexity index is 1250. The number of nitrogens with zero attached hydrogens (tertiary/aromatic N) is 1. The smallest absolute Gasteiger partial charge is 0.339 e. The number of hydrogen-bond donors (Lipinski definition) is 1. The molecule has 0 bridgehead atoms. The predicted molar refractivity (Wildman–Crippen MR) is 92.7 cm³/mol. The first-order valence-corrected chi connectivity index (χ1v) is 8.28. The lowest BCUT2D eigenvalue weighted by Crippen LogP contribution is -2.15. The summed E-state index contributed by atoms with van der Waals surface area (Å²) in [4.78, 5) is 30.9. The van der Waals surface area contributed by atoms with E-state index >= 15 is 0 Å². The van der Waals surface area contributed by atoms with Gasteiger partial charge in [0.25, 0.3) is 0 Å². The van der Waals surface area contributed by atoms with Gasteiger partial charge in [-0.25, -0.2) is 9.78 Å². The van der Waals surface area contributed by atoms with Crippen LogP contribution in [0.5, 0.6) is 0 Å². The fourth-order valence-electron chi connectivity index (χ4n) is 3.55. The van der Waals surface area contributed by atoms with Gasteiger partial charge in [0.1, 0.15) is 16.8 Å². The summed E-state index contributed by atoms with van der Waals surface area (Å²) in [6, 6.07) is 8.43. The number of rotatable bonds is 1. The number of aryl methyl sites for hydroxylation is 1. The molecule has 6 heteroatoms. The Hall–Kier alpha value is -3.15. The lowest BCUT2D eigenvalue weighted by molar-refractivity contribution is 0.533. The minimum Gasteiger partial charge on any atom is -0.435 e. The molecule has 0 aliphatic heterocycles. The molecule has 0 fully saturated rings. The molecule has 0 unspecified atom stereocenters. The molecule has 3 heterocycles. The fourth-order valence-corrected chi connectivity index (χ4v) is 3.55. The molecule has 0 amide bonds. The van der Waals surface area contributed by atoms with Gasteiger partial charge in [-0.1, -0.05) is 6.07 Å². The van der Waals surface area contributed by atoms with Crippen LogP contribution in [-0.2, 0) is 12.8 Å². The average Bonchev–Trinajstić information content (AvgIpc) is 3.03. The highest BCUT2D eigenvalue weighted by Gasteiger charge is 2.20. The third kappa shape index (κ3) is 2.21. The summed E-state index contributed by atoms with van der Waals surface area (Å²) in [6.07, 6.45) is 3.72.